The highest BCUT2D eigenvalue weighted by Crippen LogP contribution is 2.18. The average Bonchev–Trinajstić information content (AvgIpc) is 2.69. The molecule has 1 aromatic carbocycles. The normalized spacial score (nSPS) is 12.2. The lowest BCUT2D eigenvalue weighted by molar-refractivity contribution is -0.127. The quantitative estimate of drug-likeness (QED) is 0.186. The van der Waals surface area contributed by atoms with E-state index in [0.717, 1.165) is 24.3 Å². The average molecular weight is 534 g/mol. The van der Waals surface area contributed by atoms with Crippen LogP contribution in [0.25, 0.3) is 0 Å². The summed E-state index contributed by atoms with van der Waals surface area (Å²) in [5, 5.41) is 6.66. The zero-order chi connectivity index (χ0) is 21.6. The molecule has 8 heteroatoms. The van der Waals surface area contributed by atoms with Gasteiger partial charge in [-0.15, -0.1) is 24.0 Å². The maximum Gasteiger partial charge on any atom is 0.243 e. The molecule has 0 saturated heterocycles. The number of rotatable bonds is 12. The summed E-state index contributed by atoms with van der Waals surface area (Å²) in [6.07, 6.45) is 0.867. The van der Waals surface area contributed by atoms with Gasteiger partial charge in [0.2, 0.25) is 5.91 Å². The minimum Gasteiger partial charge on any atom is -0.493 e. The second kappa shape index (κ2) is 16.2. The van der Waals surface area contributed by atoms with Gasteiger partial charge < -0.3 is 25.0 Å². The lowest BCUT2D eigenvalue weighted by atomic mass is 10.1. The Labute approximate surface area is 199 Å². The molecule has 172 valence electrons. The van der Waals surface area contributed by atoms with Crippen LogP contribution in [0, 0.1) is 5.92 Å². The van der Waals surface area contributed by atoms with Crippen molar-refractivity contribution in [3.8, 4) is 5.75 Å². The molecule has 0 heterocycles. The largest absolute Gasteiger partial charge is 0.493 e. The van der Waals surface area contributed by atoms with Gasteiger partial charge in [-0.1, -0.05) is 26.0 Å². The number of nitrogens with zero attached hydrogens (tertiary/aromatic N) is 2. The van der Waals surface area contributed by atoms with Crippen molar-refractivity contribution in [1.29, 1.82) is 0 Å². The first-order valence-corrected chi connectivity index (χ1v) is 10.4. The maximum absolute atomic E-state index is 11.9. The number of carbonyl (C=O) groups is 1. The van der Waals surface area contributed by atoms with Gasteiger partial charge in [0.1, 0.15) is 12.3 Å². The SMILES string of the molecule is CCOCCCNC(=NCC(=O)N(C)C)NC(C)c1ccc(OCC(C)C)cc1.I. The maximum atomic E-state index is 11.9. The molecular formula is C22H39IN4O3. The third-order valence-corrected chi connectivity index (χ3v) is 4.15. The number of ether oxygens (including phenoxy) is 2. The standard InChI is InChI=1S/C22H38N4O3.HI/c1-7-28-14-8-13-23-22(24-15-21(27)26(5)6)25-18(4)19-9-11-20(12-10-19)29-16-17(2)3;/h9-12,17-18H,7-8,13-16H2,1-6H3,(H2,23,24,25);1H. The van der Waals surface area contributed by atoms with Gasteiger partial charge in [0.15, 0.2) is 5.96 Å². The van der Waals surface area contributed by atoms with Crippen molar-refractivity contribution < 1.29 is 14.3 Å². The van der Waals surface area contributed by atoms with Gasteiger partial charge >= 0.3 is 0 Å². The molecule has 7 nitrogen and oxygen atoms in total. The van der Waals surface area contributed by atoms with E-state index in [9.17, 15) is 4.79 Å². The fourth-order valence-electron chi connectivity index (χ4n) is 2.37. The van der Waals surface area contributed by atoms with Crippen molar-refractivity contribution in [2.45, 2.75) is 40.2 Å². The van der Waals surface area contributed by atoms with Crippen molar-refractivity contribution in [2.24, 2.45) is 10.9 Å². The third-order valence-electron chi connectivity index (χ3n) is 4.15. The van der Waals surface area contributed by atoms with Gasteiger partial charge in [0.25, 0.3) is 0 Å². The Kier molecular flexibility index (Phi) is 15.3. The summed E-state index contributed by atoms with van der Waals surface area (Å²) in [6.45, 7) is 11.2. The Morgan fingerprint density at radius 1 is 1.17 bits per heavy atom. The number of hydrogen-bond donors (Lipinski definition) is 2. The van der Waals surface area contributed by atoms with Crippen LogP contribution < -0.4 is 15.4 Å². The summed E-state index contributed by atoms with van der Waals surface area (Å²) in [7, 11) is 3.46. The summed E-state index contributed by atoms with van der Waals surface area (Å²) < 4.78 is 11.1. The van der Waals surface area contributed by atoms with Crippen LogP contribution in [0.15, 0.2) is 29.3 Å². The fraction of sp³-hybridized carbons (Fsp3) is 0.636. The van der Waals surface area contributed by atoms with E-state index in [0.29, 0.717) is 31.7 Å². The van der Waals surface area contributed by atoms with E-state index in [1.54, 1.807) is 14.1 Å². The first-order valence-electron chi connectivity index (χ1n) is 10.4. The van der Waals surface area contributed by atoms with Crippen LogP contribution in [0.4, 0.5) is 0 Å². The molecule has 1 amide bonds. The van der Waals surface area contributed by atoms with Crippen molar-refractivity contribution in [3.63, 3.8) is 0 Å². The summed E-state index contributed by atoms with van der Waals surface area (Å²) in [5.41, 5.74) is 1.12. The van der Waals surface area contributed by atoms with Crippen LogP contribution in [0.1, 0.15) is 45.7 Å². The summed E-state index contributed by atoms with van der Waals surface area (Å²) in [6, 6.07) is 8.09. The minimum absolute atomic E-state index is 0. The molecule has 0 bridgehead atoms. The second-order valence-electron chi connectivity index (χ2n) is 7.57. The van der Waals surface area contributed by atoms with E-state index in [2.05, 4.69) is 36.4 Å². The molecule has 0 saturated carbocycles. The molecular weight excluding hydrogens is 495 g/mol. The Balaban J connectivity index is 0.00000841. The smallest absolute Gasteiger partial charge is 0.243 e. The number of nitrogens with one attached hydrogen (secondary N) is 2. The zero-order valence-corrected chi connectivity index (χ0v) is 21.6. The highest BCUT2D eigenvalue weighted by molar-refractivity contribution is 14.0. The van der Waals surface area contributed by atoms with E-state index in [4.69, 9.17) is 9.47 Å². The van der Waals surface area contributed by atoms with Gasteiger partial charge in [-0.05, 0) is 43.9 Å². The number of benzene rings is 1. The van der Waals surface area contributed by atoms with Gasteiger partial charge in [-0.2, -0.15) is 0 Å². The van der Waals surface area contributed by atoms with Crippen molar-refractivity contribution in [3.05, 3.63) is 29.8 Å². The molecule has 1 aromatic rings. The van der Waals surface area contributed by atoms with E-state index >= 15 is 0 Å². The highest BCUT2D eigenvalue weighted by Gasteiger charge is 2.10. The molecule has 0 aromatic heterocycles. The molecule has 1 atom stereocenters. The molecule has 2 N–H and O–H groups in total. The van der Waals surface area contributed by atoms with Crippen molar-refractivity contribution in [1.82, 2.24) is 15.5 Å². The van der Waals surface area contributed by atoms with Crippen LogP contribution >= 0.6 is 24.0 Å². The van der Waals surface area contributed by atoms with Crippen LogP contribution in [-0.2, 0) is 9.53 Å². The van der Waals surface area contributed by atoms with E-state index < -0.39 is 0 Å². The zero-order valence-electron chi connectivity index (χ0n) is 19.2. The predicted molar refractivity (Wildman–Crippen MR) is 134 cm³/mol. The topological polar surface area (TPSA) is 75.2 Å². The third kappa shape index (κ3) is 12.2. The van der Waals surface area contributed by atoms with Gasteiger partial charge in [0, 0.05) is 33.9 Å². The number of guanidine groups is 1. The Hall–Kier alpha value is -1.55. The van der Waals surface area contributed by atoms with E-state index in [1.807, 2.05) is 31.2 Å². The molecule has 1 rings (SSSR count). The number of likely N-dealkylation sites (N-methyl/N-ethyl adjacent to an activating group) is 1. The number of carbonyl (C=O) groups excluding carboxylic acids is 1. The predicted octanol–water partition coefficient (Wildman–Crippen LogP) is 3.45. The molecule has 1 unspecified atom stereocenters. The van der Waals surface area contributed by atoms with Gasteiger partial charge in [-0.25, -0.2) is 4.99 Å². The molecule has 0 aliphatic rings. The number of halogens is 1. The lowest BCUT2D eigenvalue weighted by Crippen LogP contribution is -2.40. The molecule has 30 heavy (non-hydrogen) atoms. The summed E-state index contributed by atoms with van der Waals surface area (Å²) >= 11 is 0. The Bertz CT molecular complexity index is 621. The van der Waals surface area contributed by atoms with Crippen LogP contribution in [0.5, 0.6) is 5.75 Å². The van der Waals surface area contributed by atoms with Crippen molar-refractivity contribution >= 4 is 35.8 Å². The summed E-state index contributed by atoms with van der Waals surface area (Å²) in [4.78, 5) is 17.9. The van der Waals surface area contributed by atoms with Crippen LogP contribution in [-0.4, -0.2) is 63.8 Å². The molecule has 0 aliphatic carbocycles. The summed E-state index contributed by atoms with van der Waals surface area (Å²) in [5.74, 6) is 1.94. The van der Waals surface area contributed by atoms with E-state index in [-0.39, 0.29) is 42.5 Å². The van der Waals surface area contributed by atoms with E-state index in [1.165, 1.54) is 4.90 Å². The molecule has 0 aliphatic heterocycles. The fourth-order valence-corrected chi connectivity index (χ4v) is 2.37. The van der Waals surface area contributed by atoms with Crippen molar-refractivity contribution in [2.75, 3.05) is 47.0 Å². The highest BCUT2D eigenvalue weighted by atomic mass is 127. The Morgan fingerprint density at radius 2 is 1.83 bits per heavy atom. The Morgan fingerprint density at radius 3 is 2.40 bits per heavy atom. The van der Waals surface area contributed by atoms with Gasteiger partial charge in [-0.3, -0.25) is 4.79 Å². The molecule has 0 radical (unpaired) electrons. The number of aliphatic imine (C=N–C) groups is 1. The van der Waals surface area contributed by atoms with Crippen LogP contribution in [0.3, 0.4) is 0 Å². The first kappa shape index (κ1) is 28.5. The number of amides is 1. The molecule has 0 fully saturated rings. The second-order valence-corrected chi connectivity index (χ2v) is 7.57. The minimum atomic E-state index is -0.0419. The van der Waals surface area contributed by atoms with Crippen LogP contribution in [0.2, 0.25) is 0 Å². The molecule has 0 spiro atoms. The first-order chi connectivity index (χ1) is 13.8. The monoisotopic (exact) mass is 534 g/mol. The van der Waals surface area contributed by atoms with Gasteiger partial charge in [0.05, 0.1) is 12.6 Å². The number of hydrogen-bond acceptors (Lipinski definition) is 4. The lowest BCUT2D eigenvalue weighted by Gasteiger charge is -2.19.